The van der Waals surface area contributed by atoms with Crippen LogP contribution in [0.3, 0.4) is 0 Å². The molecule has 1 aromatic carbocycles. The Morgan fingerprint density at radius 1 is 1.24 bits per heavy atom. The molecule has 0 fully saturated rings. The van der Waals surface area contributed by atoms with E-state index in [4.69, 9.17) is 0 Å². The number of carbonyl (C=O) groups excluding carboxylic acids is 1. The molecule has 0 aliphatic heterocycles. The number of hydrogen-bond donors (Lipinski definition) is 1. The van der Waals surface area contributed by atoms with E-state index in [2.05, 4.69) is 0 Å². The summed E-state index contributed by atoms with van der Waals surface area (Å²) in [7, 11) is 0. The van der Waals surface area contributed by atoms with Crippen molar-refractivity contribution < 1.29 is 23.1 Å². The van der Waals surface area contributed by atoms with Gasteiger partial charge in [0.25, 0.3) is 5.78 Å². The van der Waals surface area contributed by atoms with E-state index < -0.39 is 23.3 Å². The van der Waals surface area contributed by atoms with E-state index in [0.29, 0.717) is 12.0 Å². The van der Waals surface area contributed by atoms with Gasteiger partial charge in [-0.05, 0) is 36.0 Å². The minimum atomic E-state index is -4.96. The molecule has 0 spiro atoms. The first kappa shape index (κ1) is 15.4. The Bertz CT molecular complexity index is 598. The first-order valence-corrected chi connectivity index (χ1v) is 6.58. The standard InChI is InChI=1S/C16H15F3O2/c1-10-7-12(9-11-5-3-2-4-6-11)14(20)13(8-10)15(21)16(17,18)19/h2-6,9-10,20H,7-8H2,1H3/b12-9+/t10-/m1/s1. The van der Waals surface area contributed by atoms with E-state index in [1.165, 1.54) is 0 Å². The molecule has 1 N–H and O–H groups in total. The van der Waals surface area contributed by atoms with Gasteiger partial charge < -0.3 is 5.11 Å². The quantitative estimate of drug-likeness (QED) is 0.875. The van der Waals surface area contributed by atoms with Gasteiger partial charge in [-0.1, -0.05) is 37.3 Å². The summed E-state index contributed by atoms with van der Waals surface area (Å²) in [6, 6.07) is 8.97. The molecule has 1 atom stereocenters. The number of aliphatic hydroxyl groups is 1. The molecule has 1 aliphatic carbocycles. The van der Waals surface area contributed by atoms with Crippen LogP contribution in [0.15, 0.2) is 47.2 Å². The lowest BCUT2D eigenvalue weighted by Gasteiger charge is -2.24. The molecule has 0 aromatic heterocycles. The number of allylic oxidation sites excluding steroid dienone is 2. The summed E-state index contributed by atoms with van der Waals surface area (Å²) in [6.07, 6.45) is -2.96. The normalized spacial score (nSPS) is 21.7. The number of halogens is 3. The zero-order valence-electron chi connectivity index (χ0n) is 11.4. The van der Waals surface area contributed by atoms with E-state index in [-0.39, 0.29) is 12.3 Å². The number of benzene rings is 1. The summed E-state index contributed by atoms with van der Waals surface area (Å²) in [4.78, 5) is 11.4. The van der Waals surface area contributed by atoms with E-state index in [1.54, 1.807) is 37.3 Å². The van der Waals surface area contributed by atoms with E-state index in [9.17, 15) is 23.1 Å². The number of hydrogen-bond acceptors (Lipinski definition) is 2. The molecule has 0 unspecified atom stereocenters. The molecule has 5 heteroatoms. The molecule has 2 rings (SSSR count). The van der Waals surface area contributed by atoms with Gasteiger partial charge in [0.05, 0.1) is 0 Å². The highest BCUT2D eigenvalue weighted by Gasteiger charge is 2.43. The minimum absolute atomic E-state index is 0.0592. The van der Waals surface area contributed by atoms with Crippen molar-refractivity contribution in [2.75, 3.05) is 0 Å². The van der Waals surface area contributed by atoms with Crippen molar-refractivity contribution in [2.45, 2.75) is 25.9 Å². The van der Waals surface area contributed by atoms with Crippen molar-refractivity contribution in [3.8, 4) is 0 Å². The lowest BCUT2D eigenvalue weighted by Crippen LogP contribution is -2.28. The molecule has 0 amide bonds. The summed E-state index contributed by atoms with van der Waals surface area (Å²) in [5.74, 6) is -2.61. The average molecular weight is 296 g/mol. The predicted molar refractivity (Wildman–Crippen MR) is 73.5 cm³/mol. The van der Waals surface area contributed by atoms with E-state index in [0.717, 1.165) is 5.56 Å². The van der Waals surface area contributed by atoms with Crippen molar-refractivity contribution in [1.29, 1.82) is 0 Å². The molecule has 0 saturated heterocycles. The number of alkyl halides is 3. The van der Waals surface area contributed by atoms with Crippen LogP contribution in [-0.2, 0) is 4.79 Å². The highest BCUT2D eigenvalue weighted by molar-refractivity contribution is 6.01. The van der Waals surface area contributed by atoms with Crippen molar-refractivity contribution in [1.82, 2.24) is 0 Å². The molecule has 1 aliphatic rings. The summed E-state index contributed by atoms with van der Waals surface area (Å²) < 4.78 is 37.7. The summed E-state index contributed by atoms with van der Waals surface area (Å²) in [5.41, 5.74) is 0.600. The summed E-state index contributed by atoms with van der Waals surface area (Å²) >= 11 is 0. The Balaban J connectivity index is 2.43. The van der Waals surface area contributed by atoms with Crippen LogP contribution < -0.4 is 0 Å². The smallest absolute Gasteiger partial charge is 0.454 e. The van der Waals surface area contributed by atoms with Crippen LogP contribution in [-0.4, -0.2) is 17.1 Å². The molecular weight excluding hydrogens is 281 g/mol. The third-order valence-electron chi connectivity index (χ3n) is 3.38. The van der Waals surface area contributed by atoms with Crippen LogP contribution in [0.1, 0.15) is 25.3 Å². The fourth-order valence-corrected chi connectivity index (χ4v) is 2.43. The van der Waals surface area contributed by atoms with Gasteiger partial charge in [0, 0.05) is 5.57 Å². The molecule has 0 bridgehead atoms. The Morgan fingerprint density at radius 2 is 1.86 bits per heavy atom. The third-order valence-corrected chi connectivity index (χ3v) is 3.38. The highest BCUT2D eigenvalue weighted by atomic mass is 19.4. The monoisotopic (exact) mass is 296 g/mol. The van der Waals surface area contributed by atoms with Gasteiger partial charge in [-0.25, -0.2) is 0 Å². The van der Waals surface area contributed by atoms with Crippen LogP contribution in [0.5, 0.6) is 0 Å². The fraction of sp³-hybridized carbons (Fsp3) is 0.312. The average Bonchev–Trinajstić information content (AvgIpc) is 2.42. The van der Waals surface area contributed by atoms with Gasteiger partial charge in [0.1, 0.15) is 5.76 Å². The molecule has 1 aromatic rings. The molecule has 0 radical (unpaired) electrons. The lowest BCUT2D eigenvalue weighted by atomic mass is 9.83. The van der Waals surface area contributed by atoms with Crippen LogP contribution in [0.25, 0.3) is 6.08 Å². The second kappa shape index (κ2) is 5.76. The maximum Gasteiger partial charge on any atom is 0.454 e. The molecule has 21 heavy (non-hydrogen) atoms. The molecule has 0 heterocycles. The minimum Gasteiger partial charge on any atom is -0.507 e. The number of Topliss-reactive ketones (excluding diaryl/α,β-unsaturated/α-hetero) is 1. The Morgan fingerprint density at radius 3 is 2.43 bits per heavy atom. The Kier molecular flexibility index (Phi) is 4.21. The first-order valence-electron chi connectivity index (χ1n) is 6.58. The van der Waals surface area contributed by atoms with Crippen molar-refractivity contribution in [2.24, 2.45) is 5.92 Å². The highest BCUT2D eigenvalue weighted by Crippen LogP contribution is 2.36. The van der Waals surface area contributed by atoms with Gasteiger partial charge >= 0.3 is 6.18 Å². The summed E-state index contributed by atoms with van der Waals surface area (Å²) in [6.45, 7) is 1.76. The maximum absolute atomic E-state index is 12.6. The molecule has 2 nitrogen and oxygen atoms in total. The van der Waals surface area contributed by atoms with E-state index in [1.807, 2.05) is 6.07 Å². The van der Waals surface area contributed by atoms with Gasteiger partial charge in [0.2, 0.25) is 0 Å². The van der Waals surface area contributed by atoms with Crippen LogP contribution >= 0.6 is 0 Å². The largest absolute Gasteiger partial charge is 0.507 e. The van der Waals surface area contributed by atoms with Gasteiger partial charge in [-0.2, -0.15) is 13.2 Å². The third kappa shape index (κ3) is 3.54. The number of rotatable bonds is 2. The molecule has 112 valence electrons. The molecule has 0 saturated carbocycles. The van der Waals surface area contributed by atoms with Gasteiger partial charge in [0.15, 0.2) is 0 Å². The zero-order chi connectivity index (χ0) is 15.6. The van der Waals surface area contributed by atoms with Crippen molar-refractivity contribution in [3.63, 3.8) is 0 Å². The fourth-order valence-electron chi connectivity index (χ4n) is 2.43. The van der Waals surface area contributed by atoms with Crippen LogP contribution in [0, 0.1) is 5.92 Å². The number of aliphatic hydroxyl groups excluding tert-OH is 1. The van der Waals surface area contributed by atoms with Crippen molar-refractivity contribution in [3.05, 3.63) is 52.8 Å². The second-order valence-electron chi connectivity index (χ2n) is 5.25. The van der Waals surface area contributed by atoms with Crippen LogP contribution in [0.2, 0.25) is 0 Å². The number of ketones is 1. The lowest BCUT2D eigenvalue weighted by molar-refractivity contribution is -0.167. The summed E-state index contributed by atoms with van der Waals surface area (Å²) in [5, 5.41) is 10.0. The second-order valence-corrected chi connectivity index (χ2v) is 5.25. The Labute approximate surface area is 120 Å². The zero-order valence-corrected chi connectivity index (χ0v) is 11.4. The van der Waals surface area contributed by atoms with E-state index >= 15 is 0 Å². The predicted octanol–water partition coefficient (Wildman–Crippen LogP) is 4.44. The van der Waals surface area contributed by atoms with Crippen molar-refractivity contribution >= 4 is 11.9 Å². The molecular formula is C16H15F3O2. The van der Waals surface area contributed by atoms with Gasteiger partial charge in [-0.15, -0.1) is 0 Å². The maximum atomic E-state index is 12.6. The number of carbonyl (C=O) groups is 1. The SMILES string of the molecule is C[C@H]1CC(C(=O)C(F)(F)F)=C(O)/C(=C/c2ccccc2)C1. The van der Waals surface area contributed by atoms with Gasteiger partial charge in [-0.3, -0.25) is 4.79 Å². The topological polar surface area (TPSA) is 37.3 Å². The van der Waals surface area contributed by atoms with Crippen LogP contribution in [0.4, 0.5) is 13.2 Å². The Hall–Kier alpha value is -2.04. The first-order chi connectivity index (χ1) is 9.79.